The van der Waals surface area contributed by atoms with Gasteiger partial charge in [-0.2, -0.15) is 0 Å². The Morgan fingerprint density at radius 1 is 1.60 bits per heavy atom. The molecule has 1 fully saturated rings. The molecule has 5 nitrogen and oxygen atoms in total. The molecule has 1 aromatic heterocycles. The lowest BCUT2D eigenvalue weighted by Gasteiger charge is -2.31. The lowest BCUT2D eigenvalue weighted by atomic mass is 9.99. The van der Waals surface area contributed by atoms with Crippen molar-refractivity contribution in [3.63, 3.8) is 0 Å². The molecule has 110 valence electrons. The smallest absolute Gasteiger partial charge is 0.248 e. The maximum absolute atomic E-state index is 11.3. The van der Waals surface area contributed by atoms with E-state index in [2.05, 4.69) is 22.1 Å². The second-order valence-corrected chi connectivity index (χ2v) is 5.43. The summed E-state index contributed by atoms with van der Waals surface area (Å²) in [4.78, 5) is 18.0. The van der Waals surface area contributed by atoms with Gasteiger partial charge in [0.25, 0.3) is 0 Å². The van der Waals surface area contributed by atoms with Crippen LogP contribution in [0.4, 0.5) is 5.82 Å². The van der Waals surface area contributed by atoms with Crippen molar-refractivity contribution < 1.29 is 4.79 Å². The molecule has 1 aliphatic rings. The normalized spacial score (nSPS) is 18.8. The molecule has 0 aliphatic carbocycles. The topological polar surface area (TPSA) is 71.2 Å². The monoisotopic (exact) mass is 276 g/mol. The fourth-order valence-electron chi connectivity index (χ4n) is 2.71. The molecule has 3 N–H and O–H groups in total. The van der Waals surface area contributed by atoms with Gasteiger partial charge in [0.2, 0.25) is 5.91 Å². The van der Waals surface area contributed by atoms with Gasteiger partial charge in [-0.15, -0.1) is 0 Å². The number of carbonyl (C=O) groups excluding carboxylic acids is 1. The zero-order valence-corrected chi connectivity index (χ0v) is 12.1. The molecule has 0 aromatic carbocycles. The van der Waals surface area contributed by atoms with E-state index in [-0.39, 0.29) is 0 Å². The lowest BCUT2D eigenvalue weighted by molar-refractivity contribution is 0.1000. The molecule has 1 amide bonds. The number of nitrogens with one attached hydrogen (secondary N) is 1. The molecule has 20 heavy (non-hydrogen) atoms. The molecule has 1 aromatic rings. The van der Waals surface area contributed by atoms with Crippen LogP contribution in [0.25, 0.3) is 0 Å². The first-order chi connectivity index (χ1) is 9.70. The van der Waals surface area contributed by atoms with Crippen LogP contribution >= 0.6 is 0 Å². The van der Waals surface area contributed by atoms with Crippen molar-refractivity contribution in [2.24, 2.45) is 11.7 Å². The fourth-order valence-corrected chi connectivity index (χ4v) is 2.71. The number of nitrogens with zero attached hydrogens (tertiary/aromatic N) is 2. The molecule has 1 aliphatic heterocycles. The Labute approximate surface area is 120 Å². The second kappa shape index (κ2) is 7.24. The number of primary amides is 1. The van der Waals surface area contributed by atoms with E-state index in [1.807, 2.05) is 0 Å². The summed E-state index contributed by atoms with van der Waals surface area (Å²) in [6, 6.07) is 3.46. The molecular formula is C15H24N4O. The summed E-state index contributed by atoms with van der Waals surface area (Å²) in [6.07, 6.45) is 5.21. The van der Waals surface area contributed by atoms with Crippen LogP contribution in [-0.2, 0) is 0 Å². The third kappa shape index (κ3) is 3.93. The standard InChI is InChI=1S/C15H24N4O/c1-2-8-19(11-12-4-3-6-17-10-12)14-9-13(15(16)20)5-7-18-14/h5,7,9,12,17H,2-4,6,8,10-11H2,1H3,(H2,16,20). The average molecular weight is 276 g/mol. The third-order valence-electron chi connectivity index (χ3n) is 3.73. The first-order valence-electron chi connectivity index (χ1n) is 7.42. The van der Waals surface area contributed by atoms with Crippen molar-refractivity contribution >= 4 is 11.7 Å². The van der Waals surface area contributed by atoms with Crippen molar-refractivity contribution in [3.05, 3.63) is 23.9 Å². The van der Waals surface area contributed by atoms with E-state index >= 15 is 0 Å². The minimum atomic E-state index is -0.399. The molecular weight excluding hydrogens is 252 g/mol. The van der Waals surface area contributed by atoms with Gasteiger partial charge in [-0.1, -0.05) is 6.92 Å². The minimum Gasteiger partial charge on any atom is -0.366 e. The quantitative estimate of drug-likeness (QED) is 0.824. The number of hydrogen-bond donors (Lipinski definition) is 2. The summed E-state index contributed by atoms with van der Waals surface area (Å²) in [5.41, 5.74) is 5.87. The highest BCUT2D eigenvalue weighted by molar-refractivity contribution is 5.93. The summed E-state index contributed by atoms with van der Waals surface area (Å²) in [6.45, 7) is 6.28. The lowest BCUT2D eigenvalue weighted by Crippen LogP contribution is -2.39. The first-order valence-corrected chi connectivity index (χ1v) is 7.42. The van der Waals surface area contributed by atoms with Crippen molar-refractivity contribution in [1.29, 1.82) is 0 Å². The predicted molar refractivity (Wildman–Crippen MR) is 80.9 cm³/mol. The Morgan fingerprint density at radius 3 is 3.10 bits per heavy atom. The number of amides is 1. The number of pyridine rings is 1. The van der Waals surface area contributed by atoms with Crippen LogP contribution in [0.15, 0.2) is 18.3 Å². The molecule has 1 atom stereocenters. The van der Waals surface area contributed by atoms with Gasteiger partial charge in [-0.25, -0.2) is 4.98 Å². The van der Waals surface area contributed by atoms with E-state index in [9.17, 15) is 4.79 Å². The van der Waals surface area contributed by atoms with Crippen LogP contribution in [-0.4, -0.2) is 37.1 Å². The van der Waals surface area contributed by atoms with E-state index in [4.69, 9.17) is 5.73 Å². The summed E-state index contributed by atoms with van der Waals surface area (Å²) < 4.78 is 0. The van der Waals surface area contributed by atoms with E-state index in [0.29, 0.717) is 11.5 Å². The molecule has 2 rings (SSSR count). The molecule has 1 unspecified atom stereocenters. The van der Waals surface area contributed by atoms with Gasteiger partial charge < -0.3 is 16.0 Å². The Bertz CT molecular complexity index is 443. The average Bonchev–Trinajstić information content (AvgIpc) is 2.48. The predicted octanol–water partition coefficient (Wildman–Crippen LogP) is 1.40. The second-order valence-electron chi connectivity index (χ2n) is 5.43. The van der Waals surface area contributed by atoms with Crippen molar-refractivity contribution in [2.75, 3.05) is 31.1 Å². The van der Waals surface area contributed by atoms with Crippen LogP contribution in [0.5, 0.6) is 0 Å². The maximum Gasteiger partial charge on any atom is 0.248 e. The fraction of sp³-hybridized carbons (Fsp3) is 0.600. The number of anilines is 1. The molecule has 5 heteroatoms. The van der Waals surface area contributed by atoms with Gasteiger partial charge in [0.1, 0.15) is 5.82 Å². The third-order valence-corrected chi connectivity index (χ3v) is 3.73. The molecule has 0 radical (unpaired) electrons. The SMILES string of the molecule is CCCN(CC1CCCNC1)c1cc(C(N)=O)ccn1. The Balaban J connectivity index is 2.10. The van der Waals surface area contributed by atoms with Crippen LogP contribution in [0.1, 0.15) is 36.5 Å². The largest absolute Gasteiger partial charge is 0.366 e. The highest BCUT2D eigenvalue weighted by atomic mass is 16.1. The Morgan fingerprint density at radius 2 is 2.45 bits per heavy atom. The summed E-state index contributed by atoms with van der Waals surface area (Å²) in [7, 11) is 0. The summed E-state index contributed by atoms with van der Waals surface area (Å²) >= 11 is 0. The van der Waals surface area contributed by atoms with Gasteiger partial charge in [0, 0.05) is 24.8 Å². The van der Waals surface area contributed by atoms with Crippen LogP contribution in [0, 0.1) is 5.92 Å². The van der Waals surface area contributed by atoms with Crippen molar-refractivity contribution in [2.45, 2.75) is 26.2 Å². The van der Waals surface area contributed by atoms with Gasteiger partial charge in [0.05, 0.1) is 0 Å². The van der Waals surface area contributed by atoms with Crippen molar-refractivity contribution in [3.8, 4) is 0 Å². The number of piperidine rings is 1. The van der Waals surface area contributed by atoms with Crippen LogP contribution < -0.4 is 16.0 Å². The number of rotatable bonds is 6. The number of hydrogen-bond acceptors (Lipinski definition) is 4. The molecule has 0 saturated carbocycles. The minimum absolute atomic E-state index is 0.399. The molecule has 2 heterocycles. The van der Waals surface area contributed by atoms with Gasteiger partial charge in [-0.3, -0.25) is 4.79 Å². The summed E-state index contributed by atoms with van der Waals surface area (Å²) in [5, 5.41) is 3.44. The van der Waals surface area contributed by atoms with Crippen LogP contribution in [0.2, 0.25) is 0 Å². The van der Waals surface area contributed by atoms with E-state index in [1.54, 1.807) is 18.3 Å². The van der Waals surface area contributed by atoms with Gasteiger partial charge >= 0.3 is 0 Å². The molecule has 0 bridgehead atoms. The van der Waals surface area contributed by atoms with Gasteiger partial charge in [0.15, 0.2) is 0 Å². The van der Waals surface area contributed by atoms with Crippen LogP contribution in [0.3, 0.4) is 0 Å². The van der Waals surface area contributed by atoms with Gasteiger partial charge in [-0.05, 0) is 50.4 Å². The molecule has 1 saturated heterocycles. The highest BCUT2D eigenvalue weighted by Gasteiger charge is 2.18. The van der Waals surface area contributed by atoms with E-state index in [0.717, 1.165) is 38.4 Å². The maximum atomic E-state index is 11.3. The Hall–Kier alpha value is -1.62. The Kier molecular flexibility index (Phi) is 5.35. The number of nitrogens with two attached hydrogens (primary N) is 1. The zero-order chi connectivity index (χ0) is 14.4. The summed E-state index contributed by atoms with van der Waals surface area (Å²) in [5.74, 6) is 1.10. The highest BCUT2D eigenvalue weighted by Crippen LogP contribution is 2.18. The zero-order valence-electron chi connectivity index (χ0n) is 12.1. The number of carbonyl (C=O) groups is 1. The number of aromatic nitrogens is 1. The molecule has 0 spiro atoms. The first kappa shape index (κ1) is 14.8. The van der Waals surface area contributed by atoms with E-state index < -0.39 is 5.91 Å². The van der Waals surface area contributed by atoms with E-state index in [1.165, 1.54) is 12.8 Å². The van der Waals surface area contributed by atoms with Crippen molar-refractivity contribution in [1.82, 2.24) is 10.3 Å².